The molecule has 2 aromatic carbocycles. The van der Waals surface area contributed by atoms with E-state index in [2.05, 4.69) is 0 Å². The summed E-state index contributed by atoms with van der Waals surface area (Å²) in [4.78, 5) is 13.0. The van der Waals surface area contributed by atoms with Crippen LogP contribution < -0.4 is 11.3 Å². The van der Waals surface area contributed by atoms with Gasteiger partial charge in [-0.1, -0.05) is 30.3 Å². The Bertz CT molecular complexity index is 1010. The van der Waals surface area contributed by atoms with E-state index in [1.54, 1.807) is 22.8 Å². The van der Waals surface area contributed by atoms with E-state index in [0.29, 0.717) is 24.0 Å². The van der Waals surface area contributed by atoms with Crippen LogP contribution in [0, 0.1) is 0 Å². The Morgan fingerprint density at radius 3 is 2.71 bits per heavy atom. The van der Waals surface area contributed by atoms with Gasteiger partial charge in [0.05, 0.1) is 5.69 Å². The molecule has 1 heterocycles. The van der Waals surface area contributed by atoms with Crippen LogP contribution in [0.4, 0.5) is 5.69 Å². The first-order chi connectivity index (χ1) is 11.6. The van der Waals surface area contributed by atoms with Crippen molar-refractivity contribution in [2.45, 2.75) is 19.1 Å². The molecule has 1 aliphatic rings. The topological polar surface area (TPSA) is 88.5 Å². The van der Waals surface area contributed by atoms with E-state index in [9.17, 15) is 15.0 Å². The summed E-state index contributed by atoms with van der Waals surface area (Å²) in [6.07, 6.45) is -0.304. The van der Waals surface area contributed by atoms with E-state index < -0.39 is 6.10 Å². The first kappa shape index (κ1) is 14.9. The second-order valence-corrected chi connectivity index (χ2v) is 6.09. The molecule has 4 rings (SSSR count). The number of anilines is 1. The summed E-state index contributed by atoms with van der Waals surface area (Å²) in [6, 6.07) is 12.8. The van der Waals surface area contributed by atoms with E-state index >= 15 is 0 Å². The van der Waals surface area contributed by atoms with Crippen LogP contribution in [0.15, 0.2) is 47.3 Å². The average molecular weight is 322 g/mol. The predicted molar refractivity (Wildman–Crippen MR) is 93.8 cm³/mol. The number of hydrogen-bond donors (Lipinski definition) is 3. The van der Waals surface area contributed by atoms with Crippen molar-refractivity contribution in [2.75, 3.05) is 12.3 Å². The zero-order chi connectivity index (χ0) is 16.8. The molecule has 0 bridgehead atoms. The number of nitrogens with zero attached hydrogens (tertiary/aromatic N) is 1. The molecule has 1 unspecified atom stereocenters. The van der Waals surface area contributed by atoms with Crippen LogP contribution in [0.2, 0.25) is 0 Å². The van der Waals surface area contributed by atoms with E-state index in [0.717, 1.165) is 27.8 Å². The molecule has 5 heteroatoms. The first-order valence-electron chi connectivity index (χ1n) is 7.97. The number of nitrogen functional groups attached to an aromatic ring is 1. The maximum atomic E-state index is 13.0. The van der Waals surface area contributed by atoms with Crippen LogP contribution in [0.25, 0.3) is 22.0 Å². The summed E-state index contributed by atoms with van der Waals surface area (Å²) in [7, 11) is 0. The third-order valence-corrected chi connectivity index (χ3v) is 4.66. The number of benzene rings is 2. The Kier molecular flexibility index (Phi) is 3.40. The first-order valence-corrected chi connectivity index (χ1v) is 7.97. The van der Waals surface area contributed by atoms with Crippen molar-refractivity contribution in [1.29, 1.82) is 0 Å². The lowest BCUT2D eigenvalue weighted by molar-refractivity contribution is 0.226. The summed E-state index contributed by atoms with van der Waals surface area (Å²) in [6.45, 7) is 0.393. The molecule has 1 atom stereocenters. The SMILES string of the molecule is Nc1ccc2c3c(n(CCCO)c(=O)c2c1)-c1ccccc1C3O. The van der Waals surface area contributed by atoms with Crippen LogP contribution in [-0.4, -0.2) is 21.4 Å². The van der Waals surface area contributed by atoms with Gasteiger partial charge in [0.1, 0.15) is 6.10 Å². The molecule has 0 spiro atoms. The normalized spacial score (nSPS) is 15.5. The van der Waals surface area contributed by atoms with Crippen molar-refractivity contribution in [2.24, 2.45) is 0 Å². The number of nitrogens with two attached hydrogens (primary N) is 1. The van der Waals surface area contributed by atoms with Gasteiger partial charge in [-0.2, -0.15) is 0 Å². The largest absolute Gasteiger partial charge is 0.399 e. The van der Waals surface area contributed by atoms with Gasteiger partial charge in [-0.05, 0) is 29.5 Å². The summed E-state index contributed by atoms with van der Waals surface area (Å²) in [5.74, 6) is 0. The van der Waals surface area contributed by atoms with Gasteiger partial charge in [0.15, 0.2) is 0 Å². The Morgan fingerprint density at radius 1 is 1.12 bits per heavy atom. The molecule has 122 valence electrons. The maximum absolute atomic E-state index is 13.0. The van der Waals surface area contributed by atoms with E-state index in [1.807, 2.05) is 24.3 Å². The van der Waals surface area contributed by atoms with Crippen molar-refractivity contribution in [3.8, 4) is 11.3 Å². The molecule has 0 saturated carbocycles. The van der Waals surface area contributed by atoms with Crippen molar-refractivity contribution in [3.05, 3.63) is 63.9 Å². The van der Waals surface area contributed by atoms with Gasteiger partial charge in [-0.15, -0.1) is 0 Å². The summed E-state index contributed by atoms with van der Waals surface area (Å²) >= 11 is 0. The molecular formula is C19H18N2O3. The van der Waals surface area contributed by atoms with Gasteiger partial charge in [0.2, 0.25) is 0 Å². The molecule has 3 aromatic rings. The second-order valence-electron chi connectivity index (χ2n) is 6.09. The molecule has 0 amide bonds. The minimum atomic E-state index is -0.775. The highest BCUT2D eigenvalue weighted by Crippen LogP contribution is 2.45. The number of aliphatic hydroxyl groups excluding tert-OH is 2. The third kappa shape index (κ3) is 1.99. The van der Waals surface area contributed by atoms with E-state index in [-0.39, 0.29) is 12.2 Å². The van der Waals surface area contributed by atoms with Gasteiger partial charge in [0, 0.05) is 35.4 Å². The highest BCUT2D eigenvalue weighted by atomic mass is 16.3. The standard InChI is InChI=1S/C19H18N2O3/c20-11-6-7-12-15(10-11)19(24)21(8-3-9-22)17-13-4-1-2-5-14(13)18(23)16(12)17/h1-2,4-7,10,18,22-23H,3,8-9,20H2. The van der Waals surface area contributed by atoms with Crippen molar-refractivity contribution < 1.29 is 10.2 Å². The van der Waals surface area contributed by atoms with E-state index in [1.165, 1.54) is 0 Å². The van der Waals surface area contributed by atoms with Crippen LogP contribution >= 0.6 is 0 Å². The highest BCUT2D eigenvalue weighted by Gasteiger charge is 2.32. The van der Waals surface area contributed by atoms with Crippen LogP contribution in [-0.2, 0) is 6.54 Å². The van der Waals surface area contributed by atoms with Gasteiger partial charge < -0.3 is 20.5 Å². The highest BCUT2D eigenvalue weighted by molar-refractivity contribution is 5.95. The van der Waals surface area contributed by atoms with Gasteiger partial charge in [0.25, 0.3) is 5.56 Å². The fourth-order valence-corrected chi connectivity index (χ4v) is 3.61. The number of aromatic nitrogens is 1. The molecular weight excluding hydrogens is 304 g/mol. The number of pyridine rings is 1. The summed E-state index contributed by atoms with van der Waals surface area (Å²) in [5.41, 5.74) is 9.38. The molecule has 1 aliphatic carbocycles. The Morgan fingerprint density at radius 2 is 1.92 bits per heavy atom. The van der Waals surface area contributed by atoms with Crippen LogP contribution in [0.1, 0.15) is 23.7 Å². The lowest BCUT2D eigenvalue weighted by atomic mass is 10.0. The number of hydrogen-bond acceptors (Lipinski definition) is 4. The molecule has 4 N–H and O–H groups in total. The third-order valence-electron chi connectivity index (χ3n) is 4.66. The molecule has 1 aromatic heterocycles. The number of aliphatic hydroxyl groups is 2. The Labute approximate surface area is 138 Å². The summed E-state index contributed by atoms with van der Waals surface area (Å²) < 4.78 is 1.66. The van der Waals surface area contributed by atoms with Crippen molar-refractivity contribution in [1.82, 2.24) is 4.57 Å². The fourth-order valence-electron chi connectivity index (χ4n) is 3.61. The minimum Gasteiger partial charge on any atom is -0.399 e. The number of fused-ring (bicyclic) bond motifs is 5. The lowest BCUT2D eigenvalue weighted by Crippen LogP contribution is -2.23. The van der Waals surface area contributed by atoms with Gasteiger partial charge in [-0.3, -0.25) is 4.79 Å². The zero-order valence-electron chi connectivity index (χ0n) is 13.1. The van der Waals surface area contributed by atoms with Gasteiger partial charge >= 0.3 is 0 Å². The van der Waals surface area contributed by atoms with E-state index in [4.69, 9.17) is 5.73 Å². The molecule has 5 nitrogen and oxygen atoms in total. The van der Waals surface area contributed by atoms with Gasteiger partial charge in [-0.25, -0.2) is 0 Å². The lowest BCUT2D eigenvalue weighted by Gasteiger charge is -2.16. The Balaban J connectivity index is 2.15. The fraction of sp³-hybridized carbons (Fsp3) is 0.211. The van der Waals surface area contributed by atoms with Crippen molar-refractivity contribution in [3.63, 3.8) is 0 Å². The summed E-state index contributed by atoms with van der Waals surface area (Å²) in [5, 5.41) is 21.3. The maximum Gasteiger partial charge on any atom is 0.258 e. The predicted octanol–water partition coefficient (Wildman–Crippen LogP) is 2.03. The monoisotopic (exact) mass is 322 g/mol. The van der Waals surface area contributed by atoms with Crippen LogP contribution in [0.5, 0.6) is 0 Å². The molecule has 0 radical (unpaired) electrons. The quantitative estimate of drug-likeness (QED) is 0.644. The minimum absolute atomic E-state index is 0.000376. The van der Waals surface area contributed by atoms with Crippen molar-refractivity contribution >= 4 is 16.5 Å². The van der Waals surface area contributed by atoms with Crippen LogP contribution in [0.3, 0.4) is 0 Å². The molecule has 24 heavy (non-hydrogen) atoms. The molecule has 0 fully saturated rings. The molecule has 0 aliphatic heterocycles. The second kappa shape index (κ2) is 5.47. The smallest absolute Gasteiger partial charge is 0.258 e. The number of rotatable bonds is 3. The Hall–Kier alpha value is -2.63. The zero-order valence-corrected chi connectivity index (χ0v) is 13.1. The average Bonchev–Trinajstić information content (AvgIpc) is 2.89. The molecule has 0 saturated heterocycles.